The van der Waals surface area contributed by atoms with Crippen molar-refractivity contribution < 1.29 is 32.5 Å². The van der Waals surface area contributed by atoms with Crippen LogP contribution in [0.5, 0.6) is 11.5 Å². The maximum Gasteiger partial charge on any atom is 0.416 e. The summed E-state index contributed by atoms with van der Waals surface area (Å²) in [6.45, 7) is 0.168. The van der Waals surface area contributed by atoms with Gasteiger partial charge in [0.05, 0.1) is 18.6 Å². The van der Waals surface area contributed by atoms with E-state index in [0.29, 0.717) is 18.7 Å². The highest BCUT2D eigenvalue weighted by Crippen LogP contribution is 2.32. The maximum absolute atomic E-state index is 12.7. The zero-order valence-electron chi connectivity index (χ0n) is 15.5. The van der Waals surface area contributed by atoms with Gasteiger partial charge in [-0.3, -0.25) is 0 Å². The standard InChI is InChI=1S/C20H22F3NO4/c1-24(13-19(25)26)12-11-18(14-3-7-16(27-2)8-4-14)28-17-9-5-15(6-10-17)20(21,22)23/h3-10,18H,11-13H2,1-2H3,(H,25,26)/p-1. The highest BCUT2D eigenvalue weighted by Gasteiger charge is 2.30. The zero-order valence-corrected chi connectivity index (χ0v) is 15.5. The van der Waals surface area contributed by atoms with E-state index in [1.54, 1.807) is 43.3 Å². The van der Waals surface area contributed by atoms with Gasteiger partial charge in [-0.1, -0.05) is 12.1 Å². The summed E-state index contributed by atoms with van der Waals surface area (Å²) in [5.41, 5.74) is 0.0390. The molecule has 8 heteroatoms. The number of aliphatic carboxylic acids is 1. The number of carbonyl (C=O) groups excluding carboxylic acids is 1. The van der Waals surface area contributed by atoms with Crippen molar-refractivity contribution in [3.63, 3.8) is 0 Å². The number of methoxy groups -OCH3 is 1. The molecule has 2 aromatic carbocycles. The Morgan fingerprint density at radius 2 is 1.64 bits per heavy atom. The number of alkyl halides is 3. The number of carbonyl (C=O) groups is 1. The number of ether oxygens (including phenoxy) is 2. The zero-order chi connectivity index (χ0) is 20.7. The van der Waals surface area contributed by atoms with Crippen LogP contribution in [-0.2, 0) is 11.0 Å². The Morgan fingerprint density at radius 3 is 2.14 bits per heavy atom. The van der Waals surface area contributed by atoms with Gasteiger partial charge in [-0.2, -0.15) is 13.2 Å². The number of carboxylic acids is 1. The Morgan fingerprint density at radius 1 is 1.07 bits per heavy atom. The molecule has 0 aromatic heterocycles. The van der Waals surface area contributed by atoms with Gasteiger partial charge in [0.1, 0.15) is 17.6 Å². The lowest BCUT2D eigenvalue weighted by molar-refractivity contribution is -0.306. The Labute approximate surface area is 161 Å². The third kappa shape index (κ3) is 6.45. The van der Waals surface area contributed by atoms with E-state index in [-0.39, 0.29) is 12.3 Å². The van der Waals surface area contributed by atoms with Gasteiger partial charge in [0, 0.05) is 19.5 Å². The van der Waals surface area contributed by atoms with Crippen LogP contribution in [0.2, 0.25) is 0 Å². The number of hydrogen-bond acceptors (Lipinski definition) is 5. The fourth-order valence-electron chi connectivity index (χ4n) is 2.64. The van der Waals surface area contributed by atoms with Gasteiger partial charge in [0.2, 0.25) is 0 Å². The lowest BCUT2D eigenvalue weighted by atomic mass is 10.1. The molecule has 1 unspecified atom stereocenters. The molecule has 1 atom stereocenters. The summed E-state index contributed by atoms with van der Waals surface area (Å²) >= 11 is 0. The second-order valence-electron chi connectivity index (χ2n) is 6.30. The van der Waals surface area contributed by atoms with Crippen LogP contribution in [0.15, 0.2) is 48.5 Å². The first-order valence-corrected chi connectivity index (χ1v) is 8.55. The summed E-state index contributed by atoms with van der Waals surface area (Å²) in [5.74, 6) is -0.241. The molecule has 28 heavy (non-hydrogen) atoms. The van der Waals surface area contributed by atoms with Gasteiger partial charge >= 0.3 is 6.18 Å². The smallest absolute Gasteiger partial charge is 0.416 e. The second kappa shape index (κ2) is 9.45. The van der Waals surface area contributed by atoms with E-state index in [1.165, 1.54) is 12.1 Å². The molecule has 0 amide bonds. The van der Waals surface area contributed by atoms with Gasteiger partial charge in [-0.15, -0.1) is 0 Å². The number of likely N-dealkylation sites (N-methyl/N-ethyl adjacent to an activating group) is 1. The van der Waals surface area contributed by atoms with Crippen molar-refractivity contribution in [1.29, 1.82) is 0 Å². The van der Waals surface area contributed by atoms with Crippen molar-refractivity contribution in [3.8, 4) is 11.5 Å². The van der Waals surface area contributed by atoms with Crippen molar-refractivity contribution in [2.24, 2.45) is 0 Å². The van der Waals surface area contributed by atoms with Crippen LogP contribution in [0, 0.1) is 0 Å². The highest BCUT2D eigenvalue weighted by atomic mass is 19.4. The van der Waals surface area contributed by atoms with Gasteiger partial charge in [-0.05, 0) is 49.0 Å². The monoisotopic (exact) mass is 396 g/mol. The Hall–Kier alpha value is -2.74. The summed E-state index contributed by atoms with van der Waals surface area (Å²) in [6, 6.07) is 11.6. The fraction of sp³-hybridized carbons (Fsp3) is 0.350. The van der Waals surface area contributed by atoms with Crippen molar-refractivity contribution >= 4 is 5.97 Å². The minimum absolute atomic E-state index is 0.227. The van der Waals surface area contributed by atoms with Crippen LogP contribution in [0.3, 0.4) is 0 Å². The number of carboxylic acid groups (broad SMARTS) is 1. The highest BCUT2D eigenvalue weighted by molar-refractivity contribution is 5.66. The van der Waals surface area contributed by atoms with Gasteiger partial charge in [0.25, 0.3) is 0 Å². The predicted octanol–water partition coefficient (Wildman–Crippen LogP) is 2.91. The Balaban J connectivity index is 2.15. The lowest BCUT2D eigenvalue weighted by Gasteiger charge is -2.24. The van der Waals surface area contributed by atoms with Crippen molar-refractivity contribution in [1.82, 2.24) is 4.90 Å². The summed E-state index contributed by atoms with van der Waals surface area (Å²) in [4.78, 5) is 12.3. The molecular weight excluding hydrogens is 375 g/mol. The average molecular weight is 396 g/mol. The van der Waals surface area contributed by atoms with Gasteiger partial charge < -0.3 is 24.3 Å². The number of benzene rings is 2. The number of nitrogens with zero attached hydrogens (tertiary/aromatic N) is 1. The Bertz CT molecular complexity index is 761. The summed E-state index contributed by atoms with van der Waals surface area (Å²) in [6.07, 6.45) is -4.47. The van der Waals surface area contributed by atoms with Crippen LogP contribution < -0.4 is 14.6 Å². The summed E-state index contributed by atoms with van der Waals surface area (Å²) in [7, 11) is 3.18. The lowest BCUT2D eigenvalue weighted by Crippen LogP contribution is -2.36. The van der Waals surface area contributed by atoms with Crippen LogP contribution in [0.1, 0.15) is 23.7 Å². The molecule has 0 heterocycles. The largest absolute Gasteiger partial charge is 0.549 e. The van der Waals surface area contributed by atoms with Crippen LogP contribution in [0.25, 0.3) is 0 Å². The first kappa shape index (κ1) is 21.6. The van der Waals surface area contributed by atoms with E-state index in [2.05, 4.69) is 0 Å². The SMILES string of the molecule is COc1ccc(C(CCN(C)CC(=O)[O-])Oc2ccc(C(F)(F)F)cc2)cc1. The molecule has 0 aliphatic heterocycles. The molecule has 5 nitrogen and oxygen atoms in total. The molecule has 0 bridgehead atoms. The molecule has 0 fully saturated rings. The van der Waals surface area contributed by atoms with Crippen molar-refractivity contribution in [2.75, 3.05) is 27.2 Å². The van der Waals surface area contributed by atoms with Crippen LogP contribution in [0.4, 0.5) is 13.2 Å². The molecule has 2 aromatic rings. The quantitative estimate of drug-likeness (QED) is 0.652. The molecule has 0 spiro atoms. The minimum Gasteiger partial charge on any atom is -0.549 e. The van der Waals surface area contributed by atoms with Gasteiger partial charge in [-0.25, -0.2) is 0 Å². The van der Waals surface area contributed by atoms with E-state index < -0.39 is 23.8 Å². The molecule has 0 aliphatic carbocycles. The van der Waals surface area contributed by atoms with Crippen LogP contribution in [-0.4, -0.2) is 38.1 Å². The maximum atomic E-state index is 12.7. The minimum atomic E-state index is -4.42. The molecule has 0 radical (unpaired) electrons. The molecule has 0 saturated carbocycles. The van der Waals surface area contributed by atoms with Gasteiger partial charge in [0.15, 0.2) is 0 Å². The van der Waals surface area contributed by atoms with Crippen LogP contribution >= 0.6 is 0 Å². The van der Waals surface area contributed by atoms with E-state index in [9.17, 15) is 23.1 Å². The first-order valence-electron chi connectivity index (χ1n) is 8.55. The number of rotatable bonds is 9. The van der Waals surface area contributed by atoms with E-state index >= 15 is 0 Å². The summed E-state index contributed by atoms with van der Waals surface area (Å²) in [5, 5.41) is 10.7. The van der Waals surface area contributed by atoms with Crippen molar-refractivity contribution in [3.05, 3.63) is 59.7 Å². The van der Waals surface area contributed by atoms with E-state index in [1.807, 2.05) is 0 Å². The molecule has 0 saturated heterocycles. The second-order valence-corrected chi connectivity index (χ2v) is 6.30. The molecule has 0 aliphatic rings. The summed E-state index contributed by atoms with van der Waals surface area (Å²) < 4.78 is 49.2. The number of hydrogen-bond donors (Lipinski definition) is 0. The topological polar surface area (TPSA) is 61.8 Å². The number of halogens is 3. The fourth-order valence-corrected chi connectivity index (χ4v) is 2.64. The normalized spacial score (nSPS) is 12.6. The third-order valence-electron chi connectivity index (χ3n) is 4.12. The average Bonchev–Trinajstić information content (AvgIpc) is 2.64. The van der Waals surface area contributed by atoms with Crippen molar-refractivity contribution in [2.45, 2.75) is 18.7 Å². The predicted molar refractivity (Wildman–Crippen MR) is 94.9 cm³/mol. The van der Waals surface area contributed by atoms with E-state index in [0.717, 1.165) is 17.7 Å². The Kier molecular flexibility index (Phi) is 7.28. The molecular formula is C20H21F3NO4-. The molecule has 152 valence electrons. The third-order valence-corrected chi connectivity index (χ3v) is 4.12. The molecule has 2 rings (SSSR count). The van der Waals surface area contributed by atoms with E-state index in [4.69, 9.17) is 9.47 Å². The molecule has 0 N–H and O–H groups in total. The first-order chi connectivity index (χ1) is 13.2.